The molecule has 0 aromatic heterocycles. The fourth-order valence-corrected chi connectivity index (χ4v) is 1.16. The van der Waals surface area contributed by atoms with Gasteiger partial charge in [0.05, 0.1) is 4.83 Å². The highest BCUT2D eigenvalue weighted by Gasteiger charge is 2.13. The molecule has 0 bridgehead atoms. The molecule has 1 atom stereocenters. The summed E-state index contributed by atoms with van der Waals surface area (Å²) in [4.78, 5) is 22.6. The summed E-state index contributed by atoms with van der Waals surface area (Å²) in [5, 5.41) is 0. The van der Waals surface area contributed by atoms with Crippen molar-refractivity contribution in [3.05, 3.63) is 35.9 Å². The van der Waals surface area contributed by atoms with E-state index >= 15 is 0 Å². The van der Waals surface area contributed by atoms with Gasteiger partial charge < -0.3 is 0 Å². The van der Waals surface area contributed by atoms with Crippen LogP contribution in [0.15, 0.2) is 30.3 Å². The lowest BCUT2D eigenvalue weighted by Gasteiger charge is -2.09. The number of nitrogens with one attached hydrogen (secondary N) is 2. The van der Waals surface area contributed by atoms with Gasteiger partial charge in [-0.05, 0) is 18.6 Å². The molecule has 1 aromatic carbocycles. The second-order valence-electron chi connectivity index (χ2n) is 3.19. The van der Waals surface area contributed by atoms with Gasteiger partial charge in [-0.1, -0.05) is 41.1 Å². The Bertz CT molecular complexity index is 368. The van der Waals surface area contributed by atoms with Crippen molar-refractivity contribution in [1.82, 2.24) is 10.9 Å². The number of halogens is 1. The van der Waals surface area contributed by atoms with Gasteiger partial charge in [0.2, 0.25) is 0 Å². The molecule has 0 saturated heterocycles. The van der Waals surface area contributed by atoms with Crippen LogP contribution in [0.5, 0.6) is 0 Å². The van der Waals surface area contributed by atoms with Crippen molar-refractivity contribution in [2.75, 3.05) is 0 Å². The van der Waals surface area contributed by atoms with E-state index in [2.05, 4.69) is 26.8 Å². The third-order valence-corrected chi connectivity index (χ3v) is 3.04. The Kier molecular flexibility index (Phi) is 4.98. The number of hydrogen-bond donors (Lipinski definition) is 2. The van der Waals surface area contributed by atoms with Crippen LogP contribution in [-0.4, -0.2) is 16.6 Å². The minimum atomic E-state index is -0.329. The second-order valence-corrected chi connectivity index (χ2v) is 4.29. The number of carbonyl (C=O) groups excluding carboxylic acids is 2. The van der Waals surface area contributed by atoms with Crippen molar-refractivity contribution in [3.8, 4) is 0 Å². The lowest BCUT2D eigenvalue weighted by atomic mass is 10.2. The van der Waals surface area contributed by atoms with E-state index in [0.717, 1.165) is 0 Å². The number of carbonyl (C=O) groups is 2. The van der Waals surface area contributed by atoms with Gasteiger partial charge in [-0.25, -0.2) is 0 Å². The highest BCUT2D eigenvalue weighted by Crippen LogP contribution is 2.03. The molecule has 16 heavy (non-hydrogen) atoms. The number of rotatable bonds is 3. The minimum Gasteiger partial charge on any atom is -0.272 e. The summed E-state index contributed by atoms with van der Waals surface area (Å²) in [5.74, 6) is -0.587. The molecule has 0 fully saturated rings. The highest BCUT2D eigenvalue weighted by molar-refractivity contribution is 9.10. The number of alkyl halides is 1. The van der Waals surface area contributed by atoms with Crippen molar-refractivity contribution < 1.29 is 9.59 Å². The van der Waals surface area contributed by atoms with Gasteiger partial charge in [-0.3, -0.25) is 20.4 Å². The van der Waals surface area contributed by atoms with Crippen molar-refractivity contribution in [2.24, 2.45) is 0 Å². The summed E-state index contributed by atoms with van der Waals surface area (Å²) in [5.41, 5.74) is 5.20. The van der Waals surface area contributed by atoms with E-state index in [4.69, 9.17) is 0 Å². The molecule has 0 heterocycles. The molecule has 2 N–H and O–H groups in total. The second kappa shape index (κ2) is 6.27. The lowest BCUT2D eigenvalue weighted by Crippen LogP contribution is -2.44. The molecule has 0 aliphatic rings. The first-order valence-electron chi connectivity index (χ1n) is 4.94. The van der Waals surface area contributed by atoms with Crippen molar-refractivity contribution in [2.45, 2.75) is 18.2 Å². The molecule has 5 heteroatoms. The van der Waals surface area contributed by atoms with Crippen LogP contribution >= 0.6 is 15.9 Å². The number of benzene rings is 1. The van der Waals surface area contributed by atoms with Crippen LogP contribution in [0, 0.1) is 0 Å². The van der Waals surface area contributed by atoms with Crippen LogP contribution in [0.4, 0.5) is 0 Å². The Hall–Kier alpha value is -1.36. The molecule has 86 valence electrons. The van der Waals surface area contributed by atoms with Crippen molar-refractivity contribution in [1.29, 1.82) is 0 Å². The highest BCUT2D eigenvalue weighted by atomic mass is 79.9. The minimum absolute atomic E-state index is 0.258. The van der Waals surface area contributed by atoms with Gasteiger partial charge in [0.25, 0.3) is 11.8 Å². The van der Waals surface area contributed by atoms with Crippen LogP contribution in [0.1, 0.15) is 23.7 Å². The fraction of sp³-hybridized carbons (Fsp3) is 0.273. The maximum Gasteiger partial charge on any atom is 0.269 e. The first kappa shape index (κ1) is 12.7. The average Bonchev–Trinajstić information content (AvgIpc) is 2.35. The molecule has 1 rings (SSSR count). The molecule has 1 aromatic rings. The first-order valence-corrected chi connectivity index (χ1v) is 5.86. The van der Waals surface area contributed by atoms with Gasteiger partial charge in [-0.15, -0.1) is 0 Å². The smallest absolute Gasteiger partial charge is 0.269 e. The molecule has 0 saturated carbocycles. The number of hydrogen-bond acceptors (Lipinski definition) is 2. The molecular formula is C11H13BrN2O2. The monoisotopic (exact) mass is 284 g/mol. The molecule has 0 spiro atoms. The molecule has 0 aliphatic heterocycles. The molecule has 1 unspecified atom stereocenters. The van der Waals surface area contributed by atoms with E-state index in [1.54, 1.807) is 24.3 Å². The van der Waals surface area contributed by atoms with Crippen LogP contribution in [0.3, 0.4) is 0 Å². The van der Waals surface area contributed by atoms with E-state index in [1.165, 1.54) is 0 Å². The normalized spacial score (nSPS) is 11.6. The number of hydrazine groups is 1. The Labute approximate surface area is 103 Å². The fourth-order valence-electron chi connectivity index (χ4n) is 1.04. The van der Waals surface area contributed by atoms with E-state index in [0.29, 0.717) is 12.0 Å². The Morgan fingerprint density at radius 2 is 1.88 bits per heavy atom. The zero-order chi connectivity index (χ0) is 12.0. The Balaban J connectivity index is 2.45. The third-order valence-electron chi connectivity index (χ3n) is 1.98. The summed E-state index contributed by atoms with van der Waals surface area (Å²) in [6, 6.07) is 8.69. The van der Waals surface area contributed by atoms with E-state index in [9.17, 15) is 9.59 Å². The quantitative estimate of drug-likeness (QED) is 0.655. The van der Waals surface area contributed by atoms with Crippen LogP contribution in [-0.2, 0) is 4.79 Å². The molecule has 2 amide bonds. The third kappa shape index (κ3) is 3.66. The predicted molar refractivity (Wildman–Crippen MR) is 65.1 cm³/mol. The van der Waals surface area contributed by atoms with E-state index in [-0.39, 0.29) is 16.6 Å². The summed E-state index contributed by atoms with van der Waals surface area (Å²) < 4.78 is 0. The Morgan fingerprint density at radius 3 is 2.44 bits per heavy atom. The van der Waals surface area contributed by atoms with Gasteiger partial charge in [-0.2, -0.15) is 0 Å². The van der Waals surface area contributed by atoms with E-state index in [1.807, 2.05) is 13.0 Å². The van der Waals surface area contributed by atoms with Gasteiger partial charge >= 0.3 is 0 Å². The molecular weight excluding hydrogens is 272 g/mol. The Morgan fingerprint density at radius 1 is 1.25 bits per heavy atom. The molecule has 4 nitrogen and oxygen atoms in total. The lowest BCUT2D eigenvalue weighted by molar-refractivity contribution is -0.121. The predicted octanol–water partition coefficient (Wildman–Crippen LogP) is 1.62. The SMILES string of the molecule is CCC(Br)C(=O)NNC(=O)c1ccccc1. The topological polar surface area (TPSA) is 58.2 Å². The zero-order valence-corrected chi connectivity index (χ0v) is 10.5. The maximum absolute atomic E-state index is 11.5. The summed E-state index contributed by atoms with van der Waals surface area (Å²) in [7, 11) is 0. The summed E-state index contributed by atoms with van der Waals surface area (Å²) in [6.07, 6.45) is 0.660. The summed E-state index contributed by atoms with van der Waals surface area (Å²) in [6.45, 7) is 1.87. The zero-order valence-electron chi connectivity index (χ0n) is 8.87. The van der Waals surface area contributed by atoms with Gasteiger partial charge in [0.15, 0.2) is 0 Å². The average molecular weight is 285 g/mol. The van der Waals surface area contributed by atoms with E-state index < -0.39 is 0 Å². The number of amides is 2. The standard InChI is InChI=1S/C11H13BrN2O2/c1-2-9(12)11(16)14-13-10(15)8-6-4-3-5-7-8/h3-7,9H,2H2,1H3,(H,13,15)(H,14,16). The summed E-state index contributed by atoms with van der Waals surface area (Å²) >= 11 is 3.19. The van der Waals surface area contributed by atoms with Gasteiger partial charge in [0.1, 0.15) is 0 Å². The first-order chi connectivity index (χ1) is 7.65. The van der Waals surface area contributed by atoms with Crippen molar-refractivity contribution >= 4 is 27.7 Å². The molecule has 0 radical (unpaired) electrons. The van der Waals surface area contributed by atoms with Crippen LogP contribution < -0.4 is 10.9 Å². The van der Waals surface area contributed by atoms with Gasteiger partial charge in [0, 0.05) is 5.56 Å². The maximum atomic E-state index is 11.5. The largest absolute Gasteiger partial charge is 0.272 e. The van der Waals surface area contributed by atoms with Crippen molar-refractivity contribution in [3.63, 3.8) is 0 Å². The molecule has 0 aliphatic carbocycles. The van der Waals surface area contributed by atoms with Crippen LogP contribution in [0.25, 0.3) is 0 Å². The van der Waals surface area contributed by atoms with Crippen LogP contribution in [0.2, 0.25) is 0 Å².